The molecule has 6 nitrogen and oxygen atoms in total. The number of fused-ring (bicyclic) bond motifs is 1. The summed E-state index contributed by atoms with van der Waals surface area (Å²) >= 11 is 7.69. The predicted molar refractivity (Wildman–Crippen MR) is 150 cm³/mol. The molecule has 0 saturated heterocycles. The molecule has 2 aromatic carbocycles. The van der Waals surface area contributed by atoms with Gasteiger partial charge in [0.05, 0.1) is 17.6 Å². The average Bonchev–Trinajstić information content (AvgIpc) is 2.92. The second-order valence-electron chi connectivity index (χ2n) is 9.00. The summed E-state index contributed by atoms with van der Waals surface area (Å²) in [5.74, 6) is 2.16. The van der Waals surface area contributed by atoms with Gasteiger partial charge in [0, 0.05) is 40.3 Å². The minimum atomic E-state index is 0.471. The minimum Gasteiger partial charge on any atom is -0.496 e. The summed E-state index contributed by atoms with van der Waals surface area (Å²) in [6, 6.07) is 14.4. The van der Waals surface area contributed by atoms with Crippen molar-refractivity contribution in [3.63, 3.8) is 0 Å². The zero-order valence-corrected chi connectivity index (χ0v) is 22.1. The molecule has 2 aromatic heterocycles. The highest BCUT2D eigenvalue weighted by Crippen LogP contribution is 2.36. The molecule has 0 spiro atoms. The molecule has 0 unspecified atom stereocenters. The van der Waals surface area contributed by atoms with Crippen molar-refractivity contribution in [2.24, 2.45) is 0 Å². The van der Waals surface area contributed by atoms with E-state index in [1.54, 1.807) is 7.11 Å². The largest absolute Gasteiger partial charge is 0.496 e. The first-order valence-corrected chi connectivity index (χ1v) is 13.6. The highest BCUT2D eigenvalue weighted by Gasteiger charge is 2.16. The second-order valence-corrected chi connectivity index (χ2v) is 10.3. The first-order chi connectivity index (χ1) is 17.6. The number of anilines is 2. The Kier molecular flexibility index (Phi) is 7.78. The number of nitrogens with zero attached hydrogens (tertiary/aromatic N) is 3. The van der Waals surface area contributed by atoms with Crippen LogP contribution in [0.25, 0.3) is 22.0 Å². The lowest BCUT2D eigenvalue weighted by atomic mass is 9.96. The molecule has 0 aliphatic heterocycles. The molecule has 0 radical (unpaired) electrons. The number of ether oxygens (including phenoxy) is 1. The minimum absolute atomic E-state index is 0.471. The Labute approximate surface area is 221 Å². The van der Waals surface area contributed by atoms with Gasteiger partial charge >= 0.3 is 0 Å². The fourth-order valence-electron chi connectivity index (χ4n) is 4.66. The van der Waals surface area contributed by atoms with E-state index in [2.05, 4.69) is 39.1 Å². The third-order valence-electron chi connectivity index (χ3n) is 6.58. The lowest BCUT2D eigenvalue weighted by Crippen LogP contribution is -2.23. The second kappa shape index (κ2) is 11.4. The molecule has 4 aromatic rings. The maximum Gasteiger partial charge on any atom is 0.223 e. The van der Waals surface area contributed by atoms with Crippen LogP contribution < -0.4 is 14.8 Å². The van der Waals surface area contributed by atoms with Gasteiger partial charge < -0.3 is 14.8 Å². The molecule has 0 bridgehead atoms. The van der Waals surface area contributed by atoms with Crippen LogP contribution in [0.3, 0.4) is 0 Å². The lowest BCUT2D eigenvalue weighted by Gasteiger charge is -2.22. The van der Waals surface area contributed by atoms with Gasteiger partial charge in [0.15, 0.2) is 0 Å². The van der Waals surface area contributed by atoms with Gasteiger partial charge in [0.1, 0.15) is 11.6 Å². The van der Waals surface area contributed by atoms with Crippen molar-refractivity contribution >= 4 is 46.2 Å². The maximum absolute atomic E-state index is 6.27. The normalized spacial score (nSPS) is 14.1. The summed E-state index contributed by atoms with van der Waals surface area (Å²) in [4.78, 5) is 15.1. The molecule has 5 rings (SSSR count). The smallest absolute Gasteiger partial charge is 0.223 e. The van der Waals surface area contributed by atoms with Crippen LogP contribution >= 0.6 is 23.5 Å². The number of methoxy groups -OCH3 is 1. The highest BCUT2D eigenvalue weighted by atomic mass is 35.5. The molecule has 0 atom stereocenters. The van der Waals surface area contributed by atoms with Crippen molar-refractivity contribution in [1.29, 1.82) is 0 Å². The number of benzene rings is 2. The van der Waals surface area contributed by atoms with Crippen LogP contribution in [0.2, 0.25) is 5.02 Å². The molecule has 8 heteroatoms. The van der Waals surface area contributed by atoms with E-state index in [0.717, 1.165) is 45.0 Å². The van der Waals surface area contributed by atoms with Crippen LogP contribution in [0.15, 0.2) is 59.8 Å². The van der Waals surface area contributed by atoms with Crippen LogP contribution in [-0.2, 0) is 6.42 Å². The monoisotopic (exact) mass is 519 g/mol. The standard InChI is InChI=1S/C28H30ClN5OS/c1-3-18-13-19(14-20-16-31-28(33-27(18)20)32-21-9-5-4-6-10-21)22-17-30-26(15-24(22)35-2)34-36-25-12-8-7-11-23(25)29/h7-8,11-17,21H,3-6,9-10H2,1-2H3,(H,30,34)(H,31,32,33). The molecule has 36 heavy (non-hydrogen) atoms. The Morgan fingerprint density at radius 2 is 1.89 bits per heavy atom. The number of hydrogen-bond acceptors (Lipinski definition) is 7. The van der Waals surface area contributed by atoms with E-state index < -0.39 is 0 Å². The summed E-state index contributed by atoms with van der Waals surface area (Å²) in [5.41, 5.74) is 4.13. The van der Waals surface area contributed by atoms with Gasteiger partial charge in [-0.3, -0.25) is 0 Å². The molecule has 1 aliphatic carbocycles. The third-order valence-corrected chi connectivity index (χ3v) is 7.91. The van der Waals surface area contributed by atoms with Crippen molar-refractivity contribution in [1.82, 2.24) is 15.0 Å². The Morgan fingerprint density at radius 1 is 1.06 bits per heavy atom. The van der Waals surface area contributed by atoms with Gasteiger partial charge in [-0.05, 0) is 66.6 Å². The Bertz CT molecular complexity index is 1360. The SMILES string of the molecule is CCc1cc(-c2cnc(NSc3ccccc3Cl)cc2OC)cc2cnc(NC3CCCCC3)nc12. The highest BCUT2D eigenvalue weighted by molar-refractivity contribution is 8.00. The molecule has 2 N–H and O–H groups in total. The first-order valence-electron chi connectivity index (χ1n) is 12.4. The number of aromatic nitrogens is 3. The van der Waals surface area contributed by atoms with Gasteiger partial charge in [0.25, 0.3) is 0 Å². The summed E-state index contributed by atoms with van der Waals surface area (Å²) in [7, 11) is 1.68. The van der Waals surface area contributed by atoms with Crippen LogP contribution in [0, 0.1) is 0 Å². The fourth-order valence-corrected chi connectivity index (χ4v) is 5.55. The van der Waals surface area contributed by atoms with Crippen LogP contribution in [-0.4, -0.2) is 28.1 Å². The van der Waals surface area contributed by atoms with Crippen molar-refractivity contribution < 1.29 is 4.74 Å². The summed E-state index contributed by atoms with van der Waals surface area (Å²) in [5, 5.41) is 5.26. The first kappa shape index (κ1) is 24.7. The molecule has 1 fully saturated rings. The van der Waals surface area contributed by atoms with Crippen molar-refractivity contribution in [3.05, 3.63) is 65.4 Å². The summed E-state index contributed by atoms with van der Waals surface area (Å²) < 4.78 is 9.01. The predicted octanol–water partition coefficient (Wildman–Crippen LogP) is 7.78. The zero-order valence-electron chi connectivity index (χ0n) is 20.6. The van der Waals surface area contributed by atoms with Gasteiger partial charge in [-0.15, -0.1) is 0 Å². The number of pyridine rings is 1. The Balaban J connectivity index is 1.41. The van der Waals surface area contributed by atoms with Gasteiger partial charge in [-0.2, -0.15) is 0 Å². The molecule has 1 saturated carbocycles. The van der Waals surface area contributed by atoms with Crippen LogP contribution in [0.1, 0.15) is 44.6 Å². The molecular weight excluding hydrogens is 490 g/mol. The van der Waals surface area contributed by atoms with Crippen LogP contribution in [0.4, 0.5) is 11.8 Å². The molecular formula is C28H30ClN5OS. The number of hydrogen-bond donors (Lipinski definition) is 2. The van der Waals surface area contributed by atoms with E-state index in [1.807, 2.05) is 42.7 Å². The van der Waals surface area contributed by atoms with Gasteiger partial charge in [-0.25, -0.2) is 15.0 Å². The third kappa shape index (κ3) is 5.52. The maximum atomic E-state index is 6.27. The topological polar surface area (TPSA) is 72.0 Å². The summed E-state index contributed by atoms with van der Waals surface area (Å²) in [6.07, 6.45) is 10.9. The number of halogens is 1. The quantitative estimate of drug-likeness (QED) is 0.230. The van der Waals surface area contributed by atoms with E-state index in [0.29, 0.717) is 16.9 Å². The van der Waals surface area contributed by atoms with Crippen LogP contribution in [0.5, 0.6) is 5.75 Å². The van der Waals surface area contributed by atoms with Crippen molar-refractivity contribution in [2.45, 2.75) is 56.4 Å². The summed E-state index contributed by atoms with van der Waals surface area (Å²) in [6.45, 7) is 2.16. The number of nitrogens with one attached hydrogen (secondary N) is 2. The fraction of sp³-hybridized carbons (Fsp3) is 0.321. The van der Waals surface area contributed by atoms with Gasteiger partial charge in [-0.1, -0.05) is 49.9 Å². The molecule has 186 valence electrons. The lowest BCUT2D eigenvalue weighted by molar-refractivity contribution is 0.416. The molecule has 1 aliphatic rings. The van der Waals surface area contributed by atoms with Gasteiger partial charge in [0.2, 0.25) is 5.95 Å². The van der Waals surface area contributed by atoms with E-state index in [-0.39, 0.29) is 0 Å². The molecule has 0 amide bonds. The van der Waals surface area contributed by atoms with E-state index in [4.69, 9.17) is 21.3 Å². The zero-order chi connectivity index (χ0) is 24.9. The van der Waals surface area contributed by atoms with E-state index in [1.165, 1.54) is 49.6 Å². The van der Waals surface area contributed by atoms with Crippen molar-refractivity contribution in [2.75, 3.05) is 17.1 Å². The Hall–Kier alpha value is -3.03. The van der Waals surface area contributed by atoms with E-state index >= 15 is 0 Å². The average molecular weight is 520 g/mol. The van der Waals surface area contributed by atoms with Crippen molar-refractivity contribution in [3.8, 4) is 16.9 Å². The molecule has 2 heterocycles. The Morgan fingerprint density at radius 3 is 2.67 bits per heavy atom. The number of rotatable bonds is 8. The number of aryl methyl sites for hydroxylation is 1. The van der Waals surface area contributed by atoms with E-state index in [9.17, 15) is 0 Å².